The van der Waals surface area contributed by atoms with Crippen molar-refractivity contribution in [2.45, 2.75) is 44.7 Å². The quantitative estimate of drug-likeness (QED) is 0.240. The Bertz CT molecular complexity index is 1740. The number of rotatable bonds is 6. The number of nitrogens with one attached hydrogen (secondary N) is 2. The molecule has 7 nitrogen and oxygen atoms in total. The van der Waals surface area contributed by atoms with E-state index in [9.17, 15) is 0 Å². The van der Waals surface area contributed by atoms with Crippen LogP contribution in [0, 0.1) is 6.92 Å². The van der Waals surface area contributed by atoms with Crippen molar-refractivity contribution in [2.24, 2.45) is 0 Å². The van der Waals surface area contributed by atoms with Gasteiger partial charge in [0.05, 0.1) is 6.54 Å². The highest BCUT2D eigenvalue weighted by molar-refractivity contribution is 5.89. The number of para-hydroxylation sites is 2. The molecule has 7 heteroatoms. The molecule has 0 spiro atoms. The first kappa shape index (κ1) is 26.7. The molecule has 41 heavy (non-hydrogen) atoms. The zero-order valence-corrected chi connectivity index (χ0v) is 24.0. The molecule has 0 radical (unpaired) electrons. The number of tetrazole rings is 1. The molecule has 3 heterocycles. The van der Waals surface area contributed by atoms with E-state index in [-0.39, 0.29) is 5.54 Å². The van der Waals surface area contributed by atoms with E-state index >= 15 is 0 Å². The van der Waals surface area contributed by atoms with Crippen LogP contribution in [0.1, 0.15) is 41.9 Å². The van der Waals surface area contributed by atoms with Crippen molar-refractivity contribution in [1.29, 1.82) is 0 Å². The number of hydrogen-bond acceptors (Lipinski definition) is 4. The first-order valence-electron chi connectivity index (χ1n) is 14.3. The number of aromatic nitrogens is 6. The minimum atomic E-state index is 0.0408. The van der Waals surface area contributed by atoms with E-state index in [1.54, 1.807) is 4.80 Å². The second-order valence-electron chi connectivity index (χ2n) is 11.0. The molecule has 3 aromatic carbocycles. The van der Waals surface area contributed by atoms with Crippen molar-refractivity contribution in [3.05, 3.63) is 120 Å². The van der Waals surface area contributed by atoms with Crippen molar-refractivity contribution < 1.29 is 0 Å². The summed E-state index contributed by atoms with van der Waals surface area (Å²) in [5, 5.41) is 15.1. The summed E-state index contributed by atoms with van der Waals surface area (Å²) in [4.78, 5) is 10.9. The fourth-order valence-electron chi connectivity index (χ4n) is 6.10. The lowest BCUT2D eigenvalue weighted by Gasteiger charge is -2.43. The Labute approximate surface area is 240 Å². The van der Waals surface area contributed by atoms with Gasteiger partial charge >= 0.3 is 0 Å². The number of fused-ring (bicyclic) bond motifs is 2. The van der Waals surface area contributed by atoms with E-state index in [0.29, 0.717) is 12.4 Å². The first-order valence-corrected chi connectivity index (χ1v) is 14.3. The Morgan fingerprint density at radius 2 is 1.66 bits per heavy atom. The van der Waals surface area contributed by atoms with Gasteiger partial charge in [-0.2, -0.15) is 4.80 Å². The van der Waals surface area contributed by atoms with Crippen LogP contribution in [-0.2, 0) is 18.5 Å². The van der Waals surface area contributed by atoms with Crippen molar-refractivity contribution in [3.8, 4) is 0 Å². The molecule has 0 aliphatic heterocycles. The van der Waals surface area contributed by atoms with Gasteiger partial charge in [-0.25, -0.2) is 0 Å². The summed E-state index contributed by atoms with van der Waals surface area (Å²) in [7, 11) is 4.40. The number of allylic oxidation sites excluding steroid dienone is 1. The fraction of sp³-hybridized carbons (Fsp3) is 0.265. The van der Waals surface area contributed by atoms with Crippen LogP contribution in [0.2, 0.25) is 0 Å². The lowest BCUT2D eigenvalue weighted by molar-refractivity contribution is 0.138. The number of aryl methyl sites for hydroxylation is 3. The van der Waals surface area contributed by atoms with E-state index in [0.717, 1.165) is 25.7 Å². The number of benzene rings is 3. The lowest BCUT2D eigenvalue weighted by Crippen LogP contribution is -2.42. The fourth-order valence-corrected chi connectivity index (χ4v) is 6.10. The molecule has 0 bridgehead atoms. The summed E-state index contributed by atoms with van der Waals surface area (Å²) < 4.78 is 0. The summed E-state index contributed by atoms with van der Waals surface area (Å²) in [5.41, 5.74) is 7.85. The molecular formula is C34H37N7. The molecule has 7 rings (SSSR count). The third kappa shape index (κ3) is 5.45. The second-order valence-corrected chi connectivity index (χ2v) is 11.0. The van der Waals surface area contributed by atoms with E-state index < -0.39 is 0 Å². The minimum absolute atomic E-state index is 0.0408. The molecule has 1 unspecified atom stereocenters. The Balaban J connectivity index is 0.000000283. The van der Waals surface area contributed by atoms with Crippen LogP contribution in [0.4, 0.5) is 0 Å². The Morgan fingerprint density at radius 3 is 2.37 bits per heavy atom. The number of H-pyrrole nitrogens is 2. The van der Waals surface area contributed by atoms with Crippen LogP contribution in [0.5, 0.6) is 0 Å². The molecular weight excluding hydrogens is 506 g/mol. The van der Waals surface area contributed by atoms with Gasteiger partial charge in [-0.15, -0.1) is 10.2 Å². The molecule has 0 saturated carbocycles. The zero-order chi connectivity index (χ0) is 28.2. The van der Waals surface area contributed by atoms with Crippen molar-refractivity contribution in [3.63, 3.8) is 0 Å². The average molecular weight is 544 g/mol. The van der Waals surface area contributed by atoms with Crippen LogP contribution >= 0.6 is 0 Å². The summed E-state index contributed by atoms with van der Waals surface area (Å²) in [6.07, 6.45) is 8.39. The molecule has 6 aromatic rings. The third-order valence-electron chi connectivity index (χ3n) is 8.37. The number of aromatic amines is 2. The first-order chi connectivity index (χ1) is 20.0. The lowest BCUT2D eigenvalue weighted by atomic mass is 9.75. The van der Waals surface area contributed by atoms with Crippen molar-refractivity contribution >= 4 is 27.4 Å². The smallest absolute Gasteiger partial charge is 0.171 e. The molecule has 0 fully saturated rings. The summed E-state index contributed by atoms with van der Waals surface area (Å²) in [6, 6.07) is 29.8. The molecule has 208 valence electrons. The van der Waals surface area contributed by atoms with E-state index in [1.807, 2.05) is 25.3 Å². The monoisotopic (exact) mass is 543 g/mol. The van der Waals surface area contributed by atoms with Crippen LogP contribution in [0.3, 0.4) is 0 Å². The number of nitrogens with zero attached hydrogens (tertiary/aromatic N) is 5. The highest BCUT2D eigenvalue weighted by atomic mass is 15.6. The van der Waals surface area contributed by atoms with Crippen LogP contribution in [-0.4, -0.2) is 49.2 Å². The third-order valence-corrected chi connectivity index (χ3v) is 8.37. The topological polar surface area (TPSA) is 78.4 Å². The summed E-state index contributed by atoms with van der Waals surface area (Å²) >= 11 is 0. The molecule has 3 aromatic heterocycles. The van der Waals surface area contributed by atoms with Gasteiger partial charge in [0.15, 0.2) is 5.82 Å². The maximum Gasteiger partial charge on any atom is 0.171 e. The standard InChI is InChI=1S/C26H30N6.C8H7N/c1-19-28-30-32(29-19)18-15-23-22-11-7-8-12-24(22)27-25(23)20-13-16-26(17-14-20,31(2)3)21-9-5-4-6-10-21;1-2-4-8-7(3-1)5-6-9-8/h4-13,27H,14-18H2,1-3H3;1-6,9H. The van der Waals surface area contributed by atoms with Crippen LogP contribution in [0.15, 0.2) is 97.2 Å². The second kappa shape index (κ2) is 11.6. The zero-order valence-electron chi connectivity index (χ0n) is 24.0. The van der Waals surface area contributed by atoms with Gasteiger partial charge in [0.25, 0.3) is 0 Å². The van der Waals surface area contributed by atoms with Gasteiger partial charge in [-0.1, -0.05) is 72.8 Å². The molecule has 1 atom stereocenters. The van der Waals surface area contributed by atoms with Crippen LogP contribution in [0.25, 0.3) is 27.4 Å². The largest absolute Gasteiger partial charge is 0.361 e. The number of hydrogen-bond donors (Lipinski definition) is 2. The predicted molar refractivity (Wildman–Crippen MR) is 166 cm³/mol. The Morgan fingerprint density at radius 1 is 0.902 bits per heavy atom. The summed E-state index contributed by atoms with van der Waals surface area (Å²) in [5.74, 6) is 0.708. The van der Waals surface area contributed by atoms with Crippen molar-refractivity contribution in [2.75, 3.05) is 14.1 Å². The molecule has 1 aliphatic rings. The van der Waals surface area contributed by atoms with E-state index in [4.69, 9.17) is 0 Å². The molecule has 0 amide bonds. The highest BCUT2D eigenvalue weighted by Gasteiger charge is 2.36. The highest BCUT2D eigenvalue weighted by Crippen LogP contribution is 2.43. The maximum absolute atomic E-state index is 4.37. The van der Waals surface area contributed by atoms with Crippen molar-refractivity contribution in [1.82, 2.24) is 35.1 Å². The Kier molecular flexibility index (Phi) is 7.53. The van der Waals surface area contributed by atoms with Gasteiger partial charge in [0.1, 0.15) is 0 Å². The Hall–Kier alpha value is -4.49. The van der Waals surface area contributed by atoms with Gasteiger partial charge < -0.3 is 9.97 Å². The van der Waals surface area contributed by atoms with E-state index in [1.165, 1.54) is 44.2 Å². The van der Waals surface area contributed by atoms with Gasteiger partial charge in [0, 0.05) is 33.8 Å². The van der Waals surface area contributed by atoms with Crippen LogP contribution < -0.4 is 0 Å². The van der Waals surface area contributed by atoms with Gasteiger partial charge in [-0.05, 0) is 92.2 Å². The van der Waals surface area contributed by atoms with Gasteiger partial charge in [-0.3, -0.25) is 4.90 Å². The molecule has 2 N–H and O–H groups in total. The minimum Gasteiger partial charge on any atom is -0.361 e. The summed E-state index contributed by atoms with van der Waals surface area (Å²) in [6.45, 7) is 2.59. The maximum atomic E-state index is 4.37. The van der Waals surface area contributed by atoms with Gasteiger partial charge in [0.2, 0.25) is 0 Å². The molecule has 0 saturated heterocycles. The molecule has 1 aliphatic carbocycles. The predicted octanol–water partition coefficient (Wildman–Crippen LogP) is 6.90. The van der Waals surface area contributed by atoms with E-state index in [2.05, 4.69) is 123 Å². The average Bonchev–Trinajstić information content (AvgIpc) is 3.75. The SMILES string of the molecule is Cc1nnn(CCc2c(C3=CCC(c4ccccc4)(N(C)C)CC3)[nH]c3ccccc23)n1.c1ccc2[nH]ccc2c1. The normalized spacial score (nSPS) is 17.0.